The standard InChI is InChI=1S/C7H9N.C6H6FN/c1-6-4-3-5-8-7(6)2;1-5-6(7)3-2-4-8-5/h3-5H,1-2H3;2-4H,1H3. The van der Waals surface area contributed by atoms with E-state index >= 15 is 0 Å². The van der Waals surface area contributed by atoms with Crippen molar-refractivity contribution in [2.45, 2.75) is 20.8 Å². The summed E-state index contributed by atoms with van der Waals surface area (Å²) in [6.45, 7) is 5.70. The van der Waals surface area contributed by atoms with E-state index in [1.807, 2.05) is 19.2 Å². The first-order valence-corrected chi connectivity index (χ1v) is 5.06. The molecule has 0 aromatic carbocycles. The summed E-state index contributed by atoms with van der Waals surface area (Å²) in [6, 6.07) is 6.97. The Bertz CT molecular complexity index is 370. The Morgan fingerprint density at radius 2 is 1.44 bits per heavy atom. The van der Waals surface area contributed by atoms with Crippen LogP contribution in [0.3, 0.4) is 0 Å². The van der Waals surface area contributed by atoms with Crippen molar-refractivity contribution < 1.29 is 4.39 Å². The highest BCUT2D eigenvalue weighted by Gasteiger charge is 1.90. The fourth-order valence-electron chi connectivity index (χ4n) is 1.03. The van der Waals surface area contributed by atoms with Gasteiger partial charge in [0.1, 0.15) is 5.82 Å². The van der Waals surface area contributed by atoms with Crippen molar-refractivity contribution in [3.63, 3.8) is 0 Å². The number of pyridine rings is 2. The van der Waals surface area contributed by atoms with E-state index < -0.39 is 0 Å². The molecule has 2 aromatic rings. The van der Waals surface area contributed by atoms with E-state index in [4.69, 9.17) is 0 Å². The van der Waals surface area contributed by atoms with Crippen LogP contribution in [0.2, 0.25) is 0 Å². The normalized spacial score (nSPS) is 9.25. The van der Waals surface area contributed by atoms with E-state index in [1.54, 1.807) is 19.2 Å². The third kappa shape index (κ3) is 3.77. The predicted molar refractivity (Wildman–Crippen MR) is 62.6 cm³/mol. The molecule has 0 fully saturated rings. The number of nitrogens with zero attached hydrogens (tertiary/aromatic N) is 2. The molecule has 2 heterocycles. The molecule has 3 heteroatoms. The molecular formula is C13H15FN2. The number of aryl methyl sites for hydroxylation is 3. The van der Waals surface area contributed by atoms with E-state index in [1.165, 1.54) is 11.6 Å². The lowest BCUT2D eigenvalue weighted by Gasteiger charge is -1.92. The molecule has 84 valence electrons. The molecule has 0 aliphatic carbocycles. The topological polar surface area (TPSA) is 25.8 Å². The van der Waals surface area contributed by atoms with Crippen LogP contribution in [0.15, 0.2) is 36.7 Å². The predicted octanol–water partition coefficient (Wildman–Crippen LogP) is 3.23. The smallest absolute Gasteiger partial charge is 0.144 e. The van der Waals surface area contributed by atoms with Crippen molar-refractivity contribution in [2.75, 3.05) is 0 Å². The Kier molecular flexibility index (Phi) is 4.58. The summed E-state index contributed by atoms with van der Waals surface area (Å²) >= 11 is 0. The lowest BCUT2D eigenvalue weighted by molar-refractivity contribution is 0.610. The first-order chi connectivity index (χ1) is 7.61. The maximum absolute atomic E-state index is 12.3. The van der Waals surface area contributed by atoms with Crippen molar-refractivity contribution in [2.24, 2.45) is 0 Å². The molecular weight excluding hydrogens is 203 g/mol. The van der Waals surface area contributed by atoms with Gasteiger partial charge in [0.15, 0.2) is 0 Å². The monoisotopic (exact) mass is 218 g/mol. The van der Waals surface area contributed by atoms with E-state index in [-0.39, 0.29) is 5.82 Å². The minimum atomic E-state index is -0.243. The van der Waals surface area contributed by atoms with Crippen molar-refractivity contribution in [1.82, 2.24) is 9.97 Å². The zero-order valence-electron chi connectivity index (χ0n) is 9.74. The van der Waals surface area contributed by atoms with E-state index in [0.717, 1.165) is 5.69 Å². The lowest BCUT2D eigenvalue weighted by Crippen LogP contribution is -1.82. The Balaban J connectivity index is 0.000000160. The molecule has 0 N–H and O–H groups in total. The summed E-state index contributed by atoms with van der Waals surface area (Å²) in [5.41, 5.74) is 2.83. The number of aromatic nitrogens is 2. The third-order valence-corrected chi connectivity index (χ3v) is 2.21. The maximum atomic E-state index is 12.3. The van der Waals surface area contributed by atoms with Crippen molar-refractivity contribution in [1.29, 1.82) is 0 Å². The first kappa shape index (κ1) is 12.3. The van der Waals surface area contributed by atoms with Crippen molar-refractivity contribution in [3.05, 3.63) is 59.4 Å². The summed E-state index contributed by atoms with van der Waals surface area (Å²) in [5.74, 6) is -0.243. The van der Waals surface area contributed by atoms with Crippen LogP contribution in [0.4, 0.5) is 4.39 Å². The van der Waals surface area contributed by atoms with Crippen LogP contribution in [-0.2, 0) is 0 Å². The summed E-state index contributed by atoms with van der Waals surface area (Å²) in [5, 5.41) is 0. The Morgan fingerprint density at radius 3 is 1.75 bits per heavy atom. The molecule has 16 heavy (non-hydrogen) atoms. The van der Waals surface area contributed by atoms with Crippen molar-refractivity contribution in [3.8, 4) is 0 Å². The highest BCUT2D eigenvalue weighted by Crippen LogP contribution is 1.98. The van der Waals surface area contributed by atoms with Crippen LogP contribution in [0, 0.1) is 26.6 Å². The minimum absolute atomic E-state index is 0.243. The van der Waals surface area contributed by atoms with Gasteiger partial charge in [0.2, 0.25) is 0 Å². The number of halogens is 1. The average molecular weight is 218 g/mol. The van der Waals surface area contributed by atoms with Gasteiger partial charge in [-0.3, -0.25) is 9.97 Å². The van der Waals surface area contributed by atoms with Gasteiger partial charge < -0.3 is 0 Å². The van der Waals surface area contributed by atoms with Crippen LogP contribution in [0.25, 0.3) is 0 Å². The van der Waals surface area contributed by atoms with Gasteiger partial charge in [0, 0.05) is 18.1 Å². The molecule has 0 bridgehead atoms. The molecule has 0 aliphatic heterocycles. The fraction of sp³-hybridized carbons (Fsp3) is 0.231. The highest BCUT2D eigenvalue weighted by molar-refractivity contribution is 5.15. The van der Waals surface area contributed by atoms with Gasteiger partial charge in [0.05, 0.1) is 5.69 Å². The summed E-state index contributed by atoms with van der Waals surface area (Å²) in [6.07, 6.45) is 3.38. The second-order valence-corrected chi connectivity index (χ2v) is 3.48. The zero-order chi connectivity index (χ0) is 12.0. The molecule has 0 amide bonds. The van der Waals surface area contributed by atoms with Gasteiger partial charge in [-0.05, 0) is 44.5 Å². The van der Waals surface area contributed by atoms with E-state index in [9.17, 15) is 4.39 Å². The summed E-state index contributed by atoms with van der Waals surface area (Å²) in [7, 11) is 0. The number of hydrogen-bond donors (Lipinski definition) is 0. The molecule has 0 radical (unpaired) electrons. The number of hydrogen-bond acceptors (Lipinski definition) is 2. The van der Waals surface area contributed by atoms with Crippen LogP contribution in [0.1, 0.15) is 17.0 Å². The third-order valence-electron chi connectivity index (χ3n) is 2.21. The molecule has 0 saturated carbocycles. The molecule has 2 aromatic heterocycles. The van der Waals surface area contributed by atoms with E-state index in [2.05, 4.69) is 23.0 Å². The van der Waals surface area contributed by atoms with Crippen molar-refractivity contribution >= 4 is 0 Å². The molecule has 0 saturated heterocycles. The Hall–Kier alpha value is -1.77. The number of rotatable bonds is 0. The quantitative estimate of drug-likeness (QED) is 0.678. The van der Waals surface area contributed by atoms with Gasteiger partial charge in [0.25, 0.3) is 0 Å². The Morgan fingerprint density at radius 1 is 0.875 bits per heavy atom. The summed E-state index contributed by atoms with van der Waals surface area (Å²) < 4.78 is 12.3. The van der Waals surface area contributed by atoms with E-state index in [0.29, 0.717) is 5.69 Å². The first-order valence-electron chi connectivity index (χ1n) is 5.06. The fourth-order valence-corrected chi connectivity index (χ4v) is 1.03. The molecule has 0 unspecified atom stereocenters. The van der Waals surface area contributed by atoms with Gasteiger partial charge >= 0.3 is 0 Å². The maximum Gasteiger partial charge on any atom is 0.144 e. The average Bonchev–Trinajstić information content (AvgIpc) is 2.28. The van der Waals surface area contributed by atoms with Crippen LogP contribution >= 0.6 is 0 Å². The van der Waals surface area contributed by atoms with Crippen LogP contribution < -0.4 is 0 Å². The Labute approximate surface area is 95.2 Å². The second kappa shape index (κ2) is 5.95. The highest BCUT2D eigenvalue weighted by atomic mass is 19.1. The van der Waals surface area contributed by atoms with Gasteiger partial charge in [-0.15, -0.1) is 0 Å². The van der Waals surface area contributed by atoms with Gasteiger partial charge in [-0.1, -0.05) is 6.07 Å². The van der Waals surface area contributed by atoms with Crippen LogP contribution in [0.5, 0.6) is 0 Å². The van der Waals surface area contributed by atoms with Gasteiger partial charge in [-0.25, -0.2) is 4.39 Å². The SMILES string of the molecule is Cc1cccnc1C.Cc1ncccc1F. The molecule has 2 nitrogen and oxygen atoms in total. The molecule has 0 atom stereocenters. The molecule has 0 spiro atoms. The minimum Gasteiger partial charge on any atom is -0.261 e. The molecule has 2 rings (SSSR count). The van der Waals surface area contributed by atoms with Crippen LogP contribution in [-0.4, -0.2) is 9.97 Å². The zero-order valence-corrected chi connectivity index (χ0v) is 9.74. The second-order valence-electron chi connectivity index (χ2n) is 3.48. The largest absolute Gasteiger partial charge is 0.261 e. The molecule has 0 aliphatic rings. The summed E-state index contributed by atoms with van der Waals surface area (Å²) in [4.78, 5) is 7.78. The van der Waals surface area contributed by atoms with Gasteiger partial charge in [-0.2, -0.15) is 0 Å². The lowest BCUT2D eigenvalue weighted by atomic mass is 10.2.